The van der Waals surface area contributed by atoms with Crippen LogP contribution in [0.5, 0.6) is 0 Å². The van der Waals surface area contributed by atoms with Crippen molar-refractivity contribution in [1.29, 1.82) is 5.26 Å². The van der Waals surface area contributed by atoms with Crippen molar-refractivity contribution in [2.24, 2.45) is 11.3 Å². The molecule has 2 aromatic rings. The third-order valence-corrected chi connectivity index (χ3v) is 9.75. The normalized spacial score (nSPS) is 21.2. The fraction of sp³-hybridized carbons (Fsp3) is 0.645. The molecule has 248 valence electrons. The van der Waals surface area contributed by atoms with Gasteiger partial charge in [0.15, 0.2) is 0 Å². The second kappa shape index (κ2) is 15.6. The highest BCUT2D eigenvalue weighted by Crippen LogP contribution is 2.32. The van der Waals surface area contributed by atoms with Crippen LogP contribution in [0.2, 0.25) is 0 Å². The van der Waals surface area contributed by atoms with E-state index in [0.29, 0.717) is 44.6 Å². The quantitative estimate of drug-likeness (QED) is 0.248. The zero-order valence-electron chi connectivity index (χ0n) is 25.8. The van der Waals surface area contributed by atoms with Gasteiger partial charge in [-0.05, 0) is 88.5 Å². The zero-order chi connectivity index (χ0) is 32.5. The smallest absolute Gasteiger partial charge is 0.381 e. The van der Waals surface area contributed by atoms with Crippen LogP contribution in [0.1, 0.15) is 56.7 Å². The molecule has 1 aliphatic carbocycles. The van der Waals surface area contributed by atoms with E-state index in [0.717, 1.165) is 60.4 Å². The molecule has 45 heavy (non-hydrogen) atoms. The number of rotatable bonds is 14. The molecule has 1 saturated heterocycles. The van der Waals surface area contributed by atoms with Gasteiger partial charge in [0, 0.05) is 55.8 Å². The lowest BCUT2D eigenvalue weighted by Gasteiger charge is -2.31. The summed E-state index contributed by atoms with van der Waals surface area (Å²) in [6.07, 6.45) is 8.25. The first kappa shape index (κ1) is 35.0. The van der Waals surface area contributed by atoms with Crippen LogP contribution in [0.4, 0.5) is 19.0 Å². The molecule has 2 fully saturated rings. The van der Waals surface area contributed by atoms with Gasteiger partial charge in [-0.3, -0.25) is 4.98 Å². The van der Waals surface area contributed by atoms with Crippen molar-refractivity contribution in [3.63, 3.8) is 0 Å². The maximum Gasteiger partial charge on any atom is 0.511 e. The molecule has 0 aromatic carbocycles. The SMILES string of the molecule is Cc1cnc(CC2CCC(NC(C)COCCNS(=O)(=O)C(F)(F)F)CC2)cc1-c1cccc(NCC2(C#N)CCOCC2)n1. The topological polar surface area (TPSA) is 138 Å². The average molecular weight is 653 g/mol. The summed E-state index contributed by atoms with van der Waals surface area (Å²) in [4.78, 5) is 9.57. The summed E-state index contributed by atoms with van der Waals surface area (Å²) in [5.41, 5.74) is -1.79. The number of hydrogen-bond donors (Lipinski definition) is 3. The van der Waals surface area contributed by atoms with E-state index >= 15 is 0 Å². The number of pyridine rings is 2. The fourth-order valence-electron chi connectivity index (χ4n) is 5.86. The molecule has 10 nitrogen and oxygen atoms in total. The first-order chi connectivity index (χ1) is 21.4. The first-order valence-electron chi connectivity index (χ1n) is 15.5. The Hall–Kier alpha value is -2.83. The van der Waals surface area contributed by atoms with Crippen LogP contribution in [-0.4, -0.2) is 75.5 Å². The van der Waals surface area contributed by atoms with Gasteiger partial charge in [0.2, 0.25) is 0 Å². The van der Waals surface area contributed by atoms with Crippen molar-refractivity contribution < 1.29 is 31.1 Å². The summed E-state index contributed by atoms with van der Waals surface area (Å²) in [6, 6.07) is 10.8. The Balaban J connectivity index is 1.22. The molecule has 1 atom stereocenters. The van der Waals surface area contributed by atoms with E-state index in [1.807, 2.05) is 38.2 Å². The van der Waals surface area contributed by atoms with E-state index in [4.69, 9.17) is 19.4 Å². The molecule has 1 saturated carbocycles. The molecule has 1 unspecified atom stereocenters. The minimum absolute atomic E-state index is 0.0213. The molecule has 3 heterocycles. The minimum Gasteiger partial charge on any atom is -0.381 e. The minimum atomic E-state index is -5.35. The van der Waals surface area contributed by atoms with Crippen molar-refractivity contribution in [2.75, 3.05) is 44.8 Å². The Labute approximate surface area is 263 Å². The van der Waals surface area contributed by atoms with E-state index in [1.54, 1.807) is 0 Å². The number of sulfonamides is 1. The number of nitrogens with zero attached hydrogens (tertiary/aromatic N) is 3. The van der Waals surface area contributed by atoms with Gasteiger partial charge in [0.25, 0.3) is 0 Å². The van der Waals surface area contributed by atoms with Gasteiger partial charge >= 0.3 is 15.5 Å². The highest BCUT2D eigenvalue weighted by Gasteiger charge is 2.45. The molecule has 3 N–H and O–H groups in total. The third kappa shape index (κ3) is 10.1. The predicted octanol–water partition coefficient (Wildman–Crippen LogP) is 4.72. The van der Waals surface area contributed by atoms with Crippen LogP contribution < -0.4 is 15.4 Å². The molecule has 0 spiro atoms. The molecule has 1 aliphatic heterocycles. The molecule has 2 aromatic heterocycles. The van der Waals surface area contributed by atoms with Gasteiger partial charge in [-0.2, -0.15) is 18.4 Å². The largest absolute Gasteiger partial charge is 0.511 e. The monoisotopic (exact) mass is 652 g/mol. The van der Waals surface area contributed by atoms with Crippen LogP contribution in [0.15, 0.2) is 30.5 Å². The summed E-state index contributed by atoms with van der Waals surface area (Å²) >= 11 is 0. The number of ether oxygens (including phenoxy) is 2. The second-order valence-electron chi connectivity index (χ2n) is 12.2. The maximum atomic E-state index is 12.4. The highest BCUT2D eigenvalue weighted by atomic mass is 32.2. The Morgan fingerprint density at radius 2 is 1.93 bits per heavy atom. The van der Waals surface area contributed by atoms with Crippen molar-refractivity contribution in [3.8, 4) is 17.3 Å². The van der Waals surface area contributed by atoms with Gasteiger partial charge in [0.1, 0.15) is 5.82 Å². The number of halogens is 3. The van der Waals surface area contributed by atoms with E-state index in [-0.39, 0.29) is 19.3 Å². The Morgan fingerprint density at radius 1 is 1.20 bits per heavy atom. The van der Waals surface area contributed by atoms with Crippen LogP contribution in [0.3, 0.4) is 0 Å². The van der Waals surface area contributed by atoms with Crippen LogP contribution in [-0.2, 0) is 25.9 Å². The summed E-state index contributed by atoms with van der Waals surface area (Å²) in [7, 11) is -5.35. The number of nitrogens with one attached hydrogen (secondary N) is 3. The van der Waals surface area contributed by atoms with Crippen LogP contribution in [0.25, 0.3) is 11.3 Å². The van der Waals surface area contributed by atoms with Crippen LogP contribution >= 0.6 is 0 Å². The van der Waals surface area contributed by atoms with E-state index in [2.05, 4.69) is 22.8 Å². The molecule has 0 radical (unpaired) electrons. The molecule has 0 bridgehead atoms. The van der Waals surface area contributed by atoms with Crippen LogP contribution in [0, 0.1) is 29.6 Å². The first-order valence-corrected chi connectivity index (χ1v) is 16.9. The molecule has 4 rings (SSSR count). The lowest BCUT2D eigenvalue weighted by Crippen LogP contribution is -2.42. The number of nitriles is 1. The number of anilines is 1. The van der Waals surface area contributed by atoms with Crippen molar-refractivity contribution in [3.05, 3.63) is 41.7 Å². The summed E-state index contributed by atoms with van der Waals surface area (Å²) in [5, 5.41) is 16.7. The average Bonchev–Trinajstić information content (AvgIpc) is 3.02. The zero-order valence-corrected chi connectivity index (χ0v) is 26.6. The molecule has 2 aliphatic rings. The lowest BCUT2D eigenvalue weighted by molar-refractivity contribution is -0.0449. The summed E-state index contributed by atoms with van der Waals surface area (Å²) in [6.45, 7) is 5.38. The third-order valence-electron chi connectivity index (χ3n) is 8.56. The van der Waals surface area contributed by atoms with E-state index < -0.39 is 27.5 Å². The Kier molecular flexibility index (Phi) is 12.2. The number of aryl methyl sites for hydroxylation is 1. The standard InChI is InChI=1S/C31H43F3N6O4S/c1-22-18-36-26(17-27(22)28-4-3-5-29(40-28)37-21-30(20-35)10-13-43-14-11-30)16-24-6-8-25(9-7-24)39-23(2)19-44-15-12-38-45(41,42)31(32,33)34/h3-5,17-18,23-25,38-39H,6-16,19,21H2,1-2H3,(H,37,40). The lowest BCUT2D eigenvalue weighted by atomic mass is 9.82. The van der Waals surface area contributed by atoms with E-state index in [1.165, 1.54) is 4.72 Å². The number of hydrogen-bond acceptors (Lipinski definition) is 9. The maximum absolute atomic E-state index is 12.4. The van der Waals surface area contributed by atoms with Crippen molar-refractivity contribution in [1.82, 2.24) is 20.0 Å². The van der Waals surface area contributed by atoms with Crippen molar-refractivity contribution >= 4 is 15.8 Å². The molecular formula is C31H43F3N6O4S. The molecular weight excluding hydrogens is 609 g/mol. The Bertz CT molecular complexity index is 1400. The molecule has 14 heteroatoms. The summed E-state index contributed by atoms with van der Waals surface area (Å²) in [5.74, 6) is 1.24. The van der Waals surface area contributed by atoms with Gasteiger partial charge in [0.05, 0.1) is 30.4 Å². The van der Waals surface area contributed by atoms with Gasteiger partial charge < -0.3 is 20.1 Å². The van der Waals surface area contributed by atoms with E-state index in [9.17, 15) is 26.9 Å². The van der Waals surface area contributed by atoms with Gasteiger partial charge in [-0.15, -0.1) is 0 Å². The number of aromatic nitrogens is 2. The van der Waals surface area contributed by atoms with Gasteiger partial charge in [-0.1, -0.05) is 6.07 Å². The van der Waals surface area contributed by atoms with Gasteiger partial charge in [-0.25, -0.2) is 18.1 Å². The summed E-state index contributed by atoms with van der Waals surface area (Å²) < 4.78 is 71.5. The Morgan fingerprint density at radius 3 is 2.62 bits per heavy atom. The predicted molar refractivity (Wildman–Crippen MR) is 165 cm³/mol. The number of alkyl halides is 3. The highest BCUT2D eigenvalue weighted by molar-refractivity contribution is 7.90. The fourth-order valence-corrected chi connectivity index (χ4v) is 6.37. The molecule has 0 amide bonds. The second-order valence-corrected chi connectivity index (χ2v) is 13.9. The van der Waals surface area contributed by atoms with Crippen molar-refractivity contribution in [2.45, 2.75) is 76.4 Å².